The van der Waals surface area contributed by atoms with Gasteiger partial charge in [-0.15, -0.1) is 0 Å². The van der Waals surface area contributed by atoms with E-state index in [0.717, 1.165) is 37.0 Å². The third-order valence-corrected chi connectivity index (χ3v) is 7.07. The number of nitrogens with one attached hydrogen (secondary N) is 1. The van der Waals surface area contributed by atoms with Gasteiger partial charge in [0, 0.05) is 31.0 Å². The lowest BCUT2D eigenvalue weighted by Crippen LogP contribution is -2.53. The minimum Gasteiger partial charge on any atom is -0.494 e. The van der Waals surface area contributed by atoms with E-state index in [1.807, 2.05) is 60.7 Å². The van der Waals surface area contributed by atoms with E-state index >= 15 is 0 Å². The van der Waals surface area contributed by atoms with E-state index in [2.05, 4.69) is 5.32 Å². The van der Waals surface area contributed by atoms with Gasteiger partial charge in [-0.3, -0.25) is 9.59 Å². The summed E-state index contributed by atoms with van der Waals surface area (Å²) in [5, 5.41) is 3.21. The van der Waals surface area contributed by atoms with Gasteiger partial charge in [-0.25, -0.2) is 4.39 Å². The normalized spacial score (nSPS) is 14.4. The van der Waals surface area contributed by atoms with Gasteiger partial charge in [0.05, 0.1) is 6.61 Å². The third kappa shape index (κ3) is 8.17. The molecule has 38 heavy (non-hydrogen) atoms. The topological polar surface area (TPSA) is 58.6 Å². The molecule has 1 saturated carbocycles. The molecule has 0 saturated heterocycles. The van der Waals surface area contributed by atoms with Crippen molar-refractivity contribution >= 4 is 11.8 Å². The van der Waals surface area contributed by atoms with Crippen molar-refractivity contribution in [1.82, 2.24) is 10.2 Å². The van der Waals surface area contributed by atoms with E-state index < -0.39 is 6.04 Å². The Labute approximate surface area is 225 Å². The van der Waals surface area contributed by atoms with Crippen molar-refractivity contribution < 1.29 is 18.7 Å². The maximum Gasteiger partial charge on any atom is 0.243 e. The molecule has 4 rings (SSSR count). The molecule has 1 aliphatic carbocycles. The number of amides is 2. The number of nitrogens with zero attached hydrogens (tertiary/aromatic N) is 1. The van der Waals surface area contributed by atoms with Crippen LogP contribution in [-0.2, 0) is 22.6 Å². The van der Waals surface area contributed by atoms with Crippen LogP contribution in [-0.4, -0.2) is 35.4 Å². The van der Waals surface area contributed by atoms with Gasteiger partial charge in [-0.05, 0) is 43.0 Å². The van der Waals surface area contributed by atoms with Crippen LogP contribution in [0.2, 0.25) is 0 Å². The van der Waals surface area contributed by atoms with E-state index in [4.69, 9.17) is 4.74 Å². The Hall–Kier alpha value is -3.67. The number of hydrogen-bond acceptors (Lipinski definition) is 3. The van der Waals surface area contributed by atoms with E-state index in [1.165, 1.54) is 12.5 Å². The average molecular weight is 517 g/mol. The molecule has 0 spiro atoms. The van der Waals surface area contributed by atoms with Crippen LogP contribution in [0.4, 0.5) is 4.39 Å². The van der Waals surface area contributed by atoms with Gasteiger partial charge in [0.15, 0.2) is 0 Å². The fraction of sp³-hybridized carbons (Fsp3) is 0.375. The van der Waals surface area contributed by atoms with E-state index in [1.54, 1.807) is 23.1 Å². The monoisotopic (exact) mass is 516 g/mol. The summed E-state index contributed by atoms with van der Waals surface area (Å²) in [4.78, 5) is 29.0. The van der Waals surface area contributed by atoms with Gasteiger partial charge in [0.2, 0.25) is 11.8 Å². The highest BCUT2D eigenvalue weighted by Crippen LogP contribution is 2.21. The second-order valence-corrected chi connectivity index (χ2v) is 9.93. The van der Waals surface area contributed by atoms with E-state index in [-0.39, 0.29) is 36.6 Å². The molecule has 1 aliphatic rings. The number of hydrogen-bond donors (Lipinski definition) is 1. The number of benzene rings is 3. The fourth-order valence-electron chi connectivity index (χ4n) is 4.98. The Morgan fingerprint density at radius 2 is 1.55 bits per heavy atom. The first-order valence-corrected chi connectivity index (χ1v) is 13.6. The lowest BCUT2D eigenvalue weighted by atomic mass is 9.94. The van der Waals surface area contributed by atoms with Crippen molar-refractivity contribution in [3.63, 3.8) is 0 Å². The molecule has 6 heteroatoms. The maximum atomic E-state index is 14.7. The van der Waals surface area contributed by atoms with Crippen LogP contribution in [0.1, 0.15) is 56.1 Å². The highest BCUT2D eigenvalue weighted by atomic mass is 19.1. The number of ether oxygens (including phenoxy) is 1. The summed E-state index contributed by atoms with van der Waals surface area (Å²) >= 11 is 0. The Morgan fingerprint density at radius 3 is 2.26 bits per heavy atom. The minimum absolute atomic E-state index is 0.0284. The lowest BCUT2D eigenvalue weighted by Gasteiger charge is -2.33. The Balaban J connectivity index is 1.53. The van der Waals surface area contributed by atoms with Crippen molar-refractivity contribution in [2.24, 2.45) is 0 Å². The first-order chi connectivity index (χ1) is 18.6. The van der Waals surface area contributed by atoms with Gasteiger partial charge >= 0.3 is 0 Å². The van der Waals surface area contributed by atoms with Crippen molar-refractivity contribution in [2.75, 3.05) is 6.61 Å². The summed E-state index contributed by atoms with van der Waals surface area (Å²) in [6, 6.07) is 25.0. The van der Waals surface area contributed by atoms with Crippen molar-refractivity contribution in [1.29, 1.82) is 0 Å². The maximum absolute atomic E-state index is 14.7. The standard InChI is InChI=1S/C32H37FN2O3/c33-29-20-11-10-15-26(29)24-35(31(36)21-12-22-38-28-18-8-3-9-19-28)30(23-25-13-4-1-5-14-25)32(37)34-27-16-6-2-7-17-27/h1,3-5,8-11,13-15,18-20,27,30H,2,6-7,12,16-17,21-24H2,(H,34,37). The third-order valence-electron chi connectivity index (χ3n) is 7.07. The smallest absolute Gasteiger partial charge is 0.243 e. The van der Waals surface area contributed by atoms with Crippen molar-refractivity contribution in [3.05, 3.63) is 102 Å². The molecule has 1 unspecified atom stereocenters. The highest BCUT2D eigenvalue weighted by Gasteiger charge is 2.32. The molecule has 5 nitrogen and oxygen atoms in total. The first kappa shape index (κ1) is 27.4. The predicted molar refractivity (Wildman–Crippen MR) is 147 cm³/mol. The number of para-hydroxylation sites is 1. The number of rotatable bonds is 12. The summed E-state index contributed by atoms with van der Waals surface area (Å²) in [5.41, 5.74) is 1.35. The van der Waals surface area contributed by atoms with Gasteiger partial charge in [0.25, 0.3) is 0 Å². The van der Waals surface area contributed by atoms with Gasteiger partial charge in [-0.2, -0.15) is 0 Å². The summed E-state index contributed by atoms with van der Waals surface area (Å²) in [6.45, 7) is 0.404. The zero-order valence-electron chi connectivity index (χ0n) is 21.9. The minimum atomic E-state index is -0.749. The molecular formula is C32H37FN2O3. The molecule has 1 fully saturated rings. The molecule has 1 atom stereocenters. The Morgan fingerprint density at radius 1 is 0.895 bits per heavy atom. The molecule has 1 N–H and O–H groups in total. The van der Waals surface area contributed by atoms with Crippen LogP contribution in [0.15, 0.2) is 84.9 Å². The summed E-state index contributed by atoms with van der Waals surface area (Å²) in [6.07, 6.45) is 6.31. The number of halogens is 1. The molecule has 200 valence electrons. The number of carbonyl (C=O) groups excluding carboxylic acids is 2. The van der Waals surface area contributed by atoms with Gasteiger partial charge in [-0.1, -0.05) is 86.0 Å². The highest BCUT2D eigenvalue weighted by molar-refractivity contribution is 5.88. The Bertz CT molecular complexity index is 1150. The summed E-state index contributed by atoms with van der Waals surface area (Å²) in [7, 11) is 0. The first-order valence-electron chi connectivity index (χ1n) is 13.6. The second-order valence-electron chi connectivity index (χ2n) is 9.93. The van der Waals surface area contributed by atoms with Crippen LogP contribution in [0.3, 0.4) is 0 Å². The van der Waals surface area contributed by atoms with Gasteiger partial charge in [0.1, 0.15) is 17.6 Å². The zero-order chi connectivity index (χ0) is 26.6. The quantitative estimate of drug-likeness (QED) is 0.297. The van der Waals surface area contributed by atoms with Crippen LogP contribution < -0.4 is 10.1 Å². The van der Waals surface area contributed by atoms with Crippen LogP contribution in [0.25, 0.3) is 0 Å². The number of carbonyl (C=O) groups is 2. The fourth-order valence-corrected chi connectivity index (χ4v) is 4.98. The molecule has 3 aromatic carbocycles. The molecule has 0 bridgehead atoms. The van der Waals surface area contributed by atoms with Crippen LogP contribution in [0, 0.1) is 5.82 Å². The van der Waals surface area contributed by atoms with E-state index in [9.17, 15) is 14.0 Å². The summed E-state index contributed by atoms with van der Waals surface area (Å²) < 4.78 is 20.5. The predicted octanol–water partition coefficient (Wildman–Crippen LogP) is 6.07. The van der Waals surface area contributed by atoms with Crippen LogP contribution >= 0.6 is 0 Å². The van der Waals surface area contributed by atoms with Crippen molar-refractivity contribution in [2.45, 2.75) is 70.0 Å². The van der Waals surface area contributed by atoms with Crippen molar-refractivity contribution in [3.8, 4) is 5.75 Å². The molecular weight excluding hydrogens is 479 g/mol. The van der Waals surface area contributed by atoms with E-state index in [0.29, 0.717) is 25.0 Å². The van der Waals surface area contributed by atoms with Crippen LogP contribution in [0.5, 0.6) is 5.75 Å². The molecule has 0 radical (unpaired) electrons. The largest absolute Gasteiger partial charge is 0.494 e. The SMILES string of the molecule is O=C(NC1CCCCC1)C(Cc1ccccc1)N(Cc1ccccc1F)C(=O)CCCOc1ccccc1. The average Bonchev–Trinajstić information content (AvgIpc) is 2.95. The zero-order valence-corrected chi connectivity index (χ0v) is 21.9. The molecule has 2 amide bonds. The Kier molecular flexibility index (Phi) is 10.3. The summed E-state index contributed by atoms with van der Waals surface area (Å²) in [5.74, 6) is -0.00328. The lowest BCUT2D eigenvalue weighted by molar-refractivity contribution is -0.141. The molecule has 0 aromatic heterocycles. The van der Waals surface area contributed by atoms with Gasteiger partial charge < -0.3 is 15.0 Å². The second kappa shape index (κ2) is 14.3. The molecule has 0 heterocycles. The molecule has 0 aliphatic heterocycles. The molecule has 3 aromatic rings.